The van der Waals surface area contributed by atoms with Crippen LogP contribution in [-0.2, 0) is 26.1 Å². The lowest BCUT2D eigenvalue weighted by atomic mass is 10.1. The number of hydrogen-bond acceptors (Lipinski definition) is 9. The maximum absolute atomic E-state index is 12.6. The Morgan fingerprint density at radius 2 is 1.77 bits per heavy atom. The molecule has 0 aliphatic heterocycles. The van der Waals surface area contributed by atoms with Gasteiger partial charge in [0.2, 0.25) is 0 Å². The van der Waals surface area contributed by atoms with Gasteiger partial charge in [-0.05, 0) is 42.3 Å². The zero-order valence-electron chi connectivity index (χ0n) is 22.6. The largest absolute Gasteiger partial charge is 0.497 e. The first-order valence-electron chi connectivity index (χ1n) is 12.4. The van der Waals surface area contributed by atoms with Gasteiger partial charge in [-0.25, -0.2) is 4.98 Å². The van der Waals surface area contributed by atoms with Crippen LogP contribution < -0.4 is 24.3 Å². The van der Waals surface area contributed by atoms with Crippen molar-refractivity contribution in [2.75, 3.05) is 35.0 Å². The van der Waals surface area contributed by atoms with Gasteiger partial charge in [0.05, 0.1) is 47.8 Å². The quantitative estimate of drug-likeness (QED) is 0.235. The highest BCUT2D eigenvalue weighted by Gasteiger charge is 2.17. The van der Waals surface area contributed by atoms with E-state index in [0.29, 0.717) is 42.6 Å². The zero-order chi connectivity index (χ0) is 27.6. The van der Waals surface area contributed by atoms with E-state index in [1.165, 1.54) is 11.3 Å². The van der Waals surface area contributed by atoms with Gasteiger partial charge in [0.15, 0.2) is 11.5 Å². The van der Waals surface area contributed by atoms with Crippen LogP contribution in [0.25, 0.3) is 0 Å². The molecule has 0 atom stereocenters. The predicted molar refractivity (Wildman–Crippen MR) is 149 cm³/mol. The first-order valence-corrected chi connectivity index (χ1v) is 13.3. The number of aromatic nitrogens is 1. The maximum Gasteiger partial charge on any atom is 0.271 e. The highest BCUT2D eigenvalue weighted by Crippen LogP contribution is 2.29. The molecule has 4 aromatic rings. The number of thiazole rings is 1. The van der Waals surface area contributed by atoms with Crippen molar-refractivity contribution in [1.29, 1.82) is 0 Å². The lowest BCUT2D eigenvalue weighted by Gasteiger charge is -2.23. The Kier molecular flexibility index (Phi) is 9.82. The number of amides is 1. The van der Waals surface area contributed by atoms with Crippen molar-refractivity contribution in [3.05, 3.63) is 87.8 Å². The van der Waals surface area contributed by atoms with E-state index < -0.39 is 0 Å². The fourth-order valence-electron chi connectivity index (χ4n) is 4.11. The van der Waals surface area contributed by atoms with Crippen molar-refractivity contribution in [2.45, 2.75) is 26.1 Å². The first-order chi connectivity index (χ1) is 19.0. The van der Waals surface area contributed by atoms with Gasteiger partial charge in [0.25, 0.3) is 5.91 Å². The van der Waals surface area contributed by atoms with Gasteiger partial charge >= 0.3 is 0 Å². The van der Waals surface area contributed by atoms with Crippen molar-refractivity contribution in [3.63, 3.8) is 0 Å². The van der Waals surface area contributed by atoms with E-state index in [0.717, 1.165) is 40.6 Å². The first kappa shape index (κ1) is 28.0. The Morgan fingerprint density at radius 1 is 0.949 bits per heavy atom. The van der Waals surface area contributed by atoms with Crippen LogP contribution in [-0.4, -0.2) is 50.8 Å². The molecular weight excluding hydrogens is 518 g/mol. The van der Waals surface area contributed by atoms with E-state index >= 15 is 0 Å². The summed E-state index contributed by atoms with van der Waals surface area (Å²) in [6, 6.07) is 15.4. The van der Waals surface area contributed by atoms with E-state index in [9.17, 15) is 4.79 Å². The second kappa shape index (κ2) is 13.7. The van der Waals surface area contributed by atoms with Crippen molar-refractivity contribution in [2.24, 2.45) is 0 Å². The van der Waals surface area contributed by atoms with Crippen LogP contribution in [0.15, 0.2) is 64.6 Å². The van der Waals surface area contributed by atoms with Crippen LogP contribution in [0.5, 0.6) is 23.0 Å². The lowest BCUT2D eigenvalue weighted by molar-refractivity contribution is 0.0943. The SMILES string of the molecule is COc1ccc(CN(CCc2ccc(OC)c(OC)c2)Cc2nc(C(=O)NCc3ccco3)cs2)c(OC)c1. The van der Waals surface area contributed by atoms with Crippen LogP contribution in [0.3, 0.4) is 0 Å². The molecule has 1 N–H and O–H groups in total. The van der Waals surface area contributed by atoms with Crippen molar-refractivity contribution >= 4 is 17.2 Å². The standard InChI is InChI=1S/C29H33N3O6S/c1-34-22-9-8-21(26(15-22)36-3)17-32(12-11-20-7-10-25(35-2)27(14-20)37-4)18-28-31-24(19-39-28)29(33)30-16-23-6-5-13-38-23/h5-10,13-15,19H,11-12,16-18H2,1-4H3,(H,30,33). The second-order valence-electron chi connectivity index (χ2n) is 8.72. The molecular formula is C29H33N3O6S. The molecule has 2 heterocycles. The molecule has 0 saturated heterocycles. The van der Waals surface area contributed by atoms with Gasteiger partial charge < -0.3 is 28.7 Å². The number of furan rings is 1. The van der Waals surface area contributed by atoms with Gasteiger partial charge in [-0.1, -0.05) is 12.1 Å². The number of ether oxygens (including phenoxy) is 4. The average Bonchev–Trinajstić information content (AvgIpc) is 3.67. The number of benzene rings is 2. The summed E-state index contributed by atoms with van der Waals surface area (Å²) in [7, 11) is 6.55. The van der Waals surface area contributed by atoms with Gasteiger partial charge in [-0.2, -0.15) is 0 Å². The van der Waals surface area contributed by atoms with Crippen LogP contribution in [0, 0.1) is 0 Å². The number of methoxy groups -OCH3 is 4. The van der Waals surface area contributed by atoms with Crippen LogP contribution in [0.2, 0.25) is 0 Å². The lowest BCUT2D eigenvalue weighted by Crippen LogP contribution is -2.26. The van der Waals surface area contributed by atoms with Crippen LogP contribution >= 0.6 is 11.3 Å². The summed E-state index contributed by atoms with van der Waals surface area (Å²) in [6.07, 6.45) is 2.36. The Bertz CT molecular complexity index is 1360. The molecule has 206 valence electrons. The Hall–Kier alpha value is -4.02. The average molecular weight is 552 g/mol. The van der Waals surface area contributed by atoms with E-state index in [1.54, 1.807) is 46.1 Å². The summed E-state index contributed by atoms with van der Waals surface area (Å²) in [5.41, 5.74) is 2.54. The molecule has 4 rings (SSSR count). The van der Waals surface area contributed by atoms with Gasteiger partial charge in [0, 0.05) is 30.1 Å². The molecule has 0 bridgehead atoms. The van der Waals surface area contributed by atoms with E-state index in [4.69, 9.17) is 23.4 Å². The van der Waals surface area contributed by atoms with Crippen molar-refractivity contribution < 1.29 is 28.2 Å². The molecule has 1 amide bonds. The summed E-state index contributed by atoms with van der Waals surface area (Å²) >= 11 is 1.46. The maximum atomic E-state index is 12.6. The molecule has 9 nitrogen and oxygen atoms in total. The van der Waals surface area contributed by atoms with Gasteiger partial charge in [0.1, 0.15) is 28.0 Å². The number of nitrogens with zero attached hydrogens (tertiary/aromatic N) is 2. The van der Waals surface area contributed by atoms with E-state index in [1.807, 2.05) is 42.5 Å². The van der Waals surface area contributed by atoms with Crippen LogP contribution in [0.4, 0.5) is 0 Å². The summed E-state index contributed by atoms with van der Waals surface area (Å²) in [6.45, 7) is 2.25. The molecule has 0 fully saturated rings. The number of nitrogens with one attached hydrogen (secondary N) is 1. The van der Waals surface area contributed by atoms with E-state index in [2.05, 4.69) is 15.2 Å². The molecule has 2 aromatic heterocycles. The van der Waals surface area contributed by atoms with Crippen LogP contribution in [0.1, 0.15) is 32.4 Å². The second-order valence-corrected chi connectivity index (χ2v) is 9.66. The van der Waals surface area contributed by atoms with Crippen molar-refractivity contribution in [3.8, 4) is 23.0 Å². The van der Waals surface area contributed by atoms with E-state index in [-0.39, 0.29) is 5.91 Å². The molecule has 39 heavy (non-hydrogen) atoms. The molecule has 0 aliphatic rings. The highest BCUT2D eigenvalue weighted by molar-refractivity contribution is 7.09. The summed E-state index contributed by atoms with van der Waals surface area (Å²) in [4.78, 5) is 19.5. The number of hydrogen-bond donors (Lipinski definition) is 1. The molecule has 10 heteroatoms. The number of rotatable bonds is 14. The number of carbonyl (C=O) groups excluding carboxylic acids is 1. The minimum atomic E-state index is -0.234. The summed E-state index contributed by atoms with van der Waals surface area (Å²) < 4.78 is 27.1. The molecule has 0 aliphatic carbocycles. The normalized spacial score (nSPS) is 10.9. The summed E-state index contributed by atoms with van der Waals surface area (Å²) in [5, 5.41) is 5.48. The minimum absolute atomic E-state index is 0.234. The fourth-order valence-corrected chi connectivity index (χ4v) is 4.93. The Labute approximate surface area is 232 Å². The zero-order valence-corrected chi connectivity index (χ0v) is 23.4. The molecule has 2 aromatic carbocycles. The third-order valence-corrected chi connectivity index (χ3v) is 7.03. The van der Waals surface area contributed by atoms with Gasteiger partial charge in [-0.15, -0.1) is 11.3 Å². The predicted octanol–water partition coefficient (Wildman–Crippen LogP) is 4.95. The van der Waals surface area contributed by atoms with Gasteiger partial charge in [-0.3, -0.25) is 9.69 Å². The monoisotopic (exact) mass is 551 g/mol. The molecule has 0 saturated carbocycles. The van der Waals surface area contributed by atoms with Crippen molar-refractivity contribution in [1.82, 2.24) is 15.2 Å². The minimum Gasteiger partial charge on any atom is -0.497 e. The summed E-state index contributed by atoms with van der Waals surface area (Å²) in [5.74, 6) is 3.33. The topological polar surface area (TPSA) is 95.3 Å². The number of carbonyl (C=O) groups is 1. The highest BCUT2D eigenvalue weighted by atomic mass is 32.1. The molecule has 0 radical (unpaired) electrons. The Balaban J connectivity index is 1.49. The fraction of sp³-hybridized carbons (Fsp3) is 0.310. The Morgan fingerprint density at radius 3 is 2.49 bits per heavy atom. The third kappa shape index (κ3) is 7.52. The smallest absolute Gasteiger partial charge is 0.271 e. The molecule has 0 spiro atoms. The third-order valence-electron chi connectivity index (χ3n) is 6.20. The molecule has 0 unspecified atom stereocenters.